The van der Waals surface area contributed by atoms with Gasteiger partial charge in [0.05, 0.1) is 0 Å². The molecule has 1 aliphatic rings. The molecule has 1 aromatic carbocycles. The van der Waals surface area contributed by atoms with Crippen LogP contribution in [-0.4, -0.2) is 0 Å². The summed E-state index contributed by atoms with van der Waals surface area (Å²) in [5.41, 5.74) is 2.69. The van der Waals surface area contributed by atoms with Crippen molar-refractivity contribution in [3.63, 3.8) is 0 Å². The molecule has 0 spiro atoms. The third-order valence-corrected chi connectivity index (χ3v) is 3.43. The molecule has 0 aliphatic heterocycles. The smallest absolute Gasteiger partial charge is 1.00 e. The third-order valence-electron chi connectivity index (χ3n) is 2.05. The maximum absolute atomic E-state index is 3.44. The molecule has 2 rings (SSSR count). The van der Waals surface area contributed by atoms with Gasteiger partial charge in [-0.05, 0) is 0 Å². The minimum atomic E-state index is 0. The van der Waals surface area contributed by atoms with Gasteiger partial charge in [-0.3, -0.25) is 0 Å². The number of rotatable bonds is 1. The quantitative estimate of drug-likeness (QED) is 0.428. The third kappa shape index (κ3) is 5.06. The Balaban J connectivity index is 0. The van der Waals surface area contributed by atoms with Crippen LogP contribution in [0, 0.1) is 0 Å². The summed E-state index contributed by atoms with van der Waals surface area (Å²) in [7, 11) is 0. The van der Waals surface area contributed by atoms with Crippen LogP contribution in [0.4, 0.5) is 0 Å². The molecule has 1 aromatic rings. The maximum Gasteiger partial charge on any atom is -1.00 e. The molecule has 16 heavy (non-hydrogen) atoms. The van der Waals surface area contributed by atoms with Gasteiger partial charge in [-0.2, -0.15) is 0 Å². The minimum absolute atomic E-state index is 0. The summed E-state index contributed by atoms with van der Waals surface area (Å²) in [4.78, 5) is 0. The van der Waals surface area contributed by atoms with Crippen LogP contribution >= 0.6 is 15.9 Å². The van der Waals surface area contributed by atoms with Gasteiger partial charge in [0.25, 0.3) is 0 Å². The van der Waals surface area contributed by atoms with E-state index in [9.17, 15) is 0 Å². The van der Waals surface area contributed by atoms with Crippen molar-refractivity contribution >= 4 is 21.5 Å². The Kier molecular flexibility index (Phi) is 10.8. The van der Waals surface area contributed by atoms with Crippen LogP contribution in [-0.2, 0) is 24.7 Å². The standard InChI is InChI=1S/C11H8Br.3ClH.Zr/c12-11-7-5-10(6-8-11)9-3-1-2-4-9;;;;/h3-8H,1H2;3*1H;/q;;;;+3/p-3. The van der Waals surface area contributed by atoms with Gasteiger partial charge in [0.15, 0.2) is 0 Å². The Bertz CT molecular complexity index is 385. The molecule has 84 valence electrons. The van der Waals surface area contributed by atoms with Gasteiger partial charge in [-0.15, -0.1) is 0 Å². The van der Waals surface area contributed by atoms with Gasteiger partial charge < -0.3 is 37.2 Å². The van der Waals surface area contributed by atoms with E-state index in [0.717, 1.165) is 10.9 Å². The first kappa shape index (κ1) is 19.3. The van der Waals surface area contributed by atoms with Crippen molar-refractivity contribution in [2.75, 3.05) is 0 Å². The van der Waals surface area contributed by atoms with Gasteiger partial charge in [0.1, 0.15) is 0 Å². The van der Waals surface area contributed by atoms with Crippen molar-refractivity contribution in [1.82, 2.24) is 0 Å². The molecule has 0 saturated carbocycles. The summed E-state index contributed by atoms with van der Waals surface area (Å²) in [6.45, 7) is 0. The number of hydrogen-bond acceptors (Lipinski definition) is 0. The van der Waals surface area contributed by atoms with E-state index < -0.39 is 0 Å². The fourth-order valence-corrected chi connectivity index (χ4v) is 2.27. The summed E-state index contributed by atoms with van der Waals surface area (Å²) in [5.74, 6) is 0. The molecule has 5 heteroatoms. The molecule has 0 amide bonds. The number of halogens is 4. The first-order valence-electron chi connectivity index (χ1n) is 4.14. The van der Waals surface area contributed by atoms with Crippen LogP contribution in [0.5, 0.6) is 0 Å². The van der Waals surface area contributed by atoms with E-state index in [1.165, 1.54) is 39.1 Å². The molecule has 0 heterocycles. The van der Waals surface area contributed by atoms with Crippen LogP contribution in [0.2, 0.25) is 0 Å². The van der Waals surface area contributed by atoms with Gasteiger partial charge in [-0.1, -0.05) is 0 Å². The van der Waals surface area contributed by atoms with Crippen molar-refractivity contribution in [3.05, 3.63) is 49.7 Å². The van der Waals surface area contributed by atoms with Crippen LogP contribution < -0.4 is 37.2 Å². The second-order valence-corrected chi connectivity index (χ2v) is 5.53. The molecule has 0 radical (unpaired) electrons. The van der Waals surface area contributed by atoms with Crippen molar-refractivity contribution in [3.8, 4) is 0 Å². The fourth-order valence-electron chi connectivity index (χ4n) is 1.37. The first-order valence-corrected chi connectivity index (χ1v) is 6.16. The topological polar surface area (TPSA) is 0 Å². The Morgan fingerprint density at radius 3 is 2.00 bits per heavy atom. The van der Waals surface area contributed by atoms with E-state index in [1.54, 1.807) is 0 Å². The number of allylic oxidation sites excluding steroid dienone is 4. The predicted octanol–water partition coefficient (Wildman–Crippen LogP) is -5.32. The Morgan fingerprint density at radius 1 is 1.00 bits per heavy atom. The molecule has 1 aliphatic carbocycles. The average Bonchev–Trinajstić information content (AvgIpc) is 2.53. The van der Waals surface area contributed by atoms with Crippen molar-refractivity contribution in [2.45, 2.75) is 6.42 Å². The monoisotopic (exact) mass is 414 g/mol. The zero-order chi connectivity index (χ0) is 9.26. The van der Waals surface area contributed by atoms with Crippen molar-refractivity contribution in [1.29, 1.82) is 0 Å². The molecular weight excluding hydrogens is 410 g/mol. The molecule has 0 nitrogen and oxygen atoms in total. The van der Waals surface area contributed by atoms with E-state index in [4.69, 9.17) is 0 Å². The number of benzene rings is 1. The van der Waals surface area contributed by atoms with Gasteiger partial charge in [-0.25, -0.2) is 0 Å². The van der Waals surface area contributed by atoms with Crippen molar-refractivity contribution in [2.24, 2.45) is 0 Å². The minimum Gasteiger partial charge on any atom is -1.00 e. The Morgan fingerprint density at radius 2 is 1.56 bits per heavy atom. The molecular formula is C11H8BrCl3Zr. The van der Waals surface area contributed by atoms with Gasteiger partial charge >= 0.3 is 102 Å². The maximum atomic E-state index is 3.44. The largest absolute Gasteiger partial charge is 1.00 e. The second kappa shape index (κ2) is 8.94. The normalized spacial score (nSPS) is 12.7. The SMILES string of the molecule is Brc1ccc(C2=CC[C]([Zr+3])=C2)cc1.[Cl-].[Cl-].[Cl-]. The number of hydrogen-bond donors (Lipinski definition) is 0. The molecule has 0 aromatic heterocycles. The van der Waals surface area contributed by atoms with E-state index in [-0.39, 0.29) is 37.2 Å². The Labute approximate surface area is 138 Å². The summed E-state index contributed by atoms with van der Waals surface area (Å²) in [6.07, 6.45) is 5.73. The molecule has 0 atom stereocenters. The molecule has 0 bridgehead atoms. The van der Waals surface area contributed by atoms with Crippen LogP contribution in [0.1, 0.15) is 12.0 Å². The van der Waals surface area contributed by atoms with Crippen LogP contribution in [0.25, 0.3) is 5.57 Å². The fraction of sp³-hybridized carbons (Fsp3) is 0.0909. The predicted molar refractivity (Wildman–Crippen MR) is 54.8 cm³/mol. The summed E-state index contributed by atoms with van der Waals surface area (Å²) >= 11 is 4.97. The summed E-state index contributed by atoms with van der Waals surface area (Å²) in [5, 5.41) is 0. The molecule has 0 saturated heterocycles. The van der Waals surface area contributed by atoms with E-state index in [2.05, 4.69) is 52.3 Å². The molecule has 0 unspecified atom stereocenters. The molecule has 0 fully saturated rings. The van der Waals surface area contributed by atoms with Crippen LogP contribution in [0.3, 0.4) is 0 Å². The van der Waals surface area contributed by atoms with E-state index in [1.807, 2.05) is 0 Å². The van der Waals surface area contributed by atoms with E-state index >= 15 is 0 Å². The summed E-state index contributed by atoms with van der Waals surface area (Å²) < 4.78 is 2.67. The summed E-state index contributed by atoms with van der Waals surface area (Å²) in [6, 6.07) is 8.48. The first-order chi connectivity index (χ1) is 6.25. The second-order valence-electron chi connectivity index (χ2n) is 3.04. The van der Waals surface area contributed by atoms with E-state index in [0.29, 0.717) is 0 Å². The molecule has 0 N–H and O–H groups in total. The Hall–Kier alpha value is 0.933. The van der Waals surface area contributed by atoms with Gasteiger partial charge in [0, 0.05) is 0 Å². The zero-order valence-electron chi connectivity index (χ0n) is 8.18. The zero-order valence-corrected chi connectivity index (χ0v) is 14.5. The van der Waals surface area contributed by atoms with Crippen molar-refractivity contribution < 1.29 is 61.9 Å². The average molecular weight is 418 g/mol. The van der Waals surface area contributed by atoms with Crippen LogP contribution in [0.15, 0.2) is 44.2 Å². The van der Waals surface area contributed by atoms with Gasteiger partial charge in [0.2, 0.25) is 0 Å².